The molecule has 0 saturated carbocycles. The second-order valence-corrected chi connectivity index (χ2v) is 12.4. The minimum atomic E-state index is -0.700. The maximum atomic E-state index is 13.9. The summed E-state index contributed by atoms with van der Waals surface area (Å²) in [5.74, 6) is -0.443. The van der Waals surface area contributed by atoms with Crippen LogP contribution in [-0.4, -0.2) is 82.8 Å². The summed E-state index contributed by atoms with van der Waals surface area (Å²) in [5.41, 5.74) is 3.36. The number of likely N-dealkylation sites (tertiary alicyclic amines) is 2. The molecule has 9 heteroatoms. The first kappa shape index (κ1) is 26.0. The summed E-state index contributed by atoms with van der Waals surface area (Å²) in [6.07, 6.45) is 0.745. The number of benzene rings is 2. The maximum Gasteiger partial charge on any atom is 0.270 e. The lowest BCUT2D eigenvalue weighted by Crippen LogP contribution is -2.59. The van der Waals surface area contributed by atoms with Crippen molar-refractivity contribution >= 4 is 45.2 Å². The monoisotopic (exact) mass is 540 g/mol. The van der Waals surface area contributed by atoms with E-state index in [1.54, 1.807) is 0 Å². The van der Waals surface area contributed by atoms with Crippen LogP contribution in [0.1, 0.15) is 48.2 Å². The minimum Gasteiger partial charge on any atom is -0.378 e. The van der Waals surface area contributed by atoms with Gasteiger partial charge < -0.3 is 30.0 Å². The number of hydrogen-bond acceptors (Lipinski definition) is 4. The molecule has 2 aromatic heterocycles. The van der Waals surface area contributed by atoms with Gasteiger partial charge in [0.1, 0.15) is 17.4 Å². The average molecular weight is 541 g/mol. The van der Waals surface area contributed by atoms with Gasteiger partial charge in [0, 0.05) is 54.7 Å². The Bertz CT molecular complexity index is 1590. The van der Waals surface area contributed by atoms with Crippen molar-refractivity contribution in [3.63, 3.8) is 0 Å². The number of carbonyl (C=O) groups excluding carboxylic acids is 3. The molecule has 4 aromatic rings. The Morgan fingerprint density at radius 2 is 1.52 bits per heavy atom. The molecule has 40 heavy (non-hydrogen) atoms. The minimum absolute atomic E-state index is 0.0401. The molecule has 2 bridgehead atoms. The molecule has 208 valence electrons. The van der Waals surface area contributed by atoms with Gasteiger partial charge in [0.25, 0.3) is 11.8 Å². The summed E-state index contributed by atoms with van der Waals surface area (Å²) in [7, 11) is 3.98. The van der Waals surface area contributed by atoms with E-state index < -0.39 is 11.5 Å². The molecule has 3 amide bonds. The quantitative estimate of drug-likeness (QED) is 0.356. The fraction of sp³-hybridized carbons (Fsp3) is 0.387. The van der Waals surface area contributed by atoms with Gasteiger partial charge in [0.2, 0.25) is 5.91 Å². The van der Waals surface area contributed by atoms with Gasteiger partial charge in [-0.05, 0) is 42.2 Å². The third kappa shape index (κ3) is 4.49. The number of amides is 3. The smallest absolute Gasteiger partial charge is 0.270 e. The van der Waals surface area contributed by atoms with E-state index in [2.05, 4.69) is 15.3 Å². The lowest BCUT2D eigenvalue weighted by molar-refractivity contribution is -0.138. The van der Waals surface area contributed by atoms with Gasteiger partial charge in [-0.15, -0.1) is 0 Å². The number of para-hydroxylation sites is 1. The predicted molar refractivity (Wildman–Crippen MR) is 157 cm³/mol. The van der Waals surface area contributed by atoms with Crippen LogP contribution in [0.25, 0.3) is 21.8 Å². The van der Waals surface area contributed by atoms with E-state index in [4.69, 9.17) is 0 Å². The first-order chi connectivity index (χ1) is 19.0. The number of aromatic amines is 2. The highest BCUT2D eigenvalue weighted by Gasteiger charge is 2.50. The molecule has 6 rings (SSSR count). The molecule has 3 N–H and O–H groups in total. The fourth-order valence-electron chi connectivity index (χ4n) is 6.07. The van der Waals surface area contributed by atoms with Crippen LogP contribution in [0.5, 0.6) is 0 Å². The molecular formula is C31H36N6O3. The predicted octanol–water partition coefficient (Wildman–Crippen LogP) is 3.99. The molecule has 0 unspecified atom stereocenters. The van der Waals surface area contributed by atoms with Gasteiger partial charge in [0.15, 0.2) is 0 Å². The molecule has 2 aromatic carbocycles. The van der Waals surface area contributed by atoms with E-state index in [9.17, 15) is 14.4 Å². The number of rotatable bonds is 5. The molecule has 2 saturated heterocycles. The van der Waals surface area contributed by atoms with Crippen LogP contribution in [0.4, 0.5) is 5.69 Å². The average Bonchev–Trinajstić information content (AvgIpc) is 3.71. The summed E-state index contributed by atoms with van der Waals surface area (Å²) in [4.78, 5) is 52.8. The van der Waals surface area contributed by atoms with Crippen LogP contribution in [0.15, 0.2) is 54.6 Å². The molecule has 2 fully saturated rings. The highest BCUT2D eigenvalue weighted by atomic mass is 16.2. The first-order valence-electron chi connectivity index (χ1n) is 13.8. The Labute approximate surface area is 233 Å². The summed E-state index contributed by atoms with van der Waals surface area (Å²) in [6.45, 7) is 6.84. The van der Waals surface area contributed by atoms with Crippen LogP contribution in [0.3, 0.4) is 0 Å². The number of H-pyrrole nitrogens is 2. The zero-order chi connectivity index (χ0) is 28.3. The lowest BCUT2D eigenvalue weighted by Gasteiger charge is -2.39. The van der Waals surface area contributed by atoms with Crippen molar-refractivity contribution in [1.82, 2.24) is 25.1 Å². The van der Waals surface area contributed by atoms with Gasteiger partial charge in [-0.3, -0.25) is 14.4 Å². The number of carbonyl (C=O) groups is 3. The Balaban J connectivity index is 1.16. The second-order valence-electron chi connectivity index (χ2n) is 12.4. The molecule has 3 atom stereocenters. The van der Waals surface area contributed by atoms with E-state index in [-0.39, 0.29) is 29.8 Å². The van der Waals surface area contributed by atoms with Gasteiger partial charge in [-0.2, -0.15) is 0 Å². The fourth-order valence-corrected chi connectivity index (χ4v) is 6.07. The SMILES string of the molecule is CN(C)c1ccc2cc(C(=O)N3C[C@@H]4C[C@H]3CN4C(=O)[C@@H](NC(=O)c3cc4ccccc4[nH]3)C(C)(C)C)[nH]c2c1. The van der Waals surface area contributed by atoms with Crippen molar-refractivity contribution in [2.45, 2.75) is 45.3 Å². The van der Waals surface area contributed by atoms with Gasteiger partial charge in [-0.25, -0.2) is 0 Å². The van der Waals surface area contributed by atoms with Gasteiger partial charge in [-0.1, -0.05) is 45.0 Å². The molecule has 2 aliphatic rings. The lowest BCUT2D eigenvalue weighted by atomic mass is 9.85. The number of fused-ring (bicyclic) bond motifs is 4. The van der Waals surface area contributed by atoms with E-state index in [1.807, 2.05) is 104 Å². The Kier molecular flexibility index (Phi) is 6.12. The molecule has 4 heterocycles. The van der Waals surface area contributed by atoms with Crippen molar-refractivity contribution in [1.29, 1.82) is 0 Å². The molecule has 2 aliphatic heterocycles. The topological polar surface area (TPSA) is 105 Å². The van der Waals surface area contributed by atoms with Gasteiger partial charge >= 0.3 is 0 Å². The molecule has 9 nitrogen and oxygen atoms in total. The zero-order valence-electron chi connectivity index (χ0n) is 23.6. The number of hydrogen-bond donors (Lipinski definition) is 3. The molecule has 0 aliphatic carbocycles. The largest absolute Gasteiger partial charge is 0.378 e. The molecule has 0 radical (unpaired) electrons. The van der Waals surface area contributed by atoms with Gasteiger partial charge in [0.05, 0.1) is 12.1 Å². The third-order valence-electron chi connectivity index (χ3n) is 8.30. The Morgan fingerprint density at radius 1 is 0.875 bits per heavy atom. The highest BCUT2D eigenvalue weighted by molar-refractivity contribution is 6.01. The number of nitrogens with one attached hydrogen (secondary N) is 3. The normalized spacial score (nSPS) is 19.4. The van der Waals surface area contributed by atoms with Crippen molar-refractivity contribution in [3.05, 3.63) is 66.0 Å². The van der Waals surface area contributed by atoms with Crippen molar-refractivity contribution in [3.8, 4) is 0 Å². The number of aromatic nitrogens is 2. The van der Waals surface area contributed by atoms with Crippen LogP contribution in [0, 0.1) is 5.41 Å². The molecule has 0 spiro atoms. The number of piperazine rings is 1. The van der Waals surface area contributed by atoms with Crippen LogP contribution < -0.4 is 10.2 Å². The van der Waals surface area contributed by atoms with Crippen LogP contribution >= 0.6 is 0 Å². The van der Waals surface area contributed by atoms with Crippen molar-refractivity contribution in [2.75, 3.05) is 32.1 Å². The summed E-state index contributed by atoms with van der Waals surface area (Å²) in [6, 6.07) is 16.7. The Morgan fingerprint density at radius 3 is 2.20 bits per heavy atom. The van der Waals surface area contributed by atoms with E-state index in [0.29, 0.717) is 24.5 Å². The summed E-state index contributed by atoms with van der Waals surface area (Å²) in [5, 5.41) is 4.95. The van der Waals surface area contributed by atoms with E-state index >= 15 is 0 Å². The number of nitrogens with zero attached hydrogens (tertiary/aromatic N) is 3. The van der Waals surface area contributed by atoms with Crippen molar-refractivity contribution < 1.29 is 14.4 Å². The highest BCUT2D eigenvalue weighted by Crippen LogP contribution is 2.34. The maximum absolute atomic E-state index is 13.9. The first-order valence-corrected chi connectivity index (χ1v) is 13.8. The van der Waals surface area contributed by atoms with Crippen molar-refractivity contribution in [2.24, 2.45) is 5.41 Å². The summed E-state index contributed by atoms with van der Waals surface area (Å²) < 4.78 is 0. The standard InChI is InChI=1S/C31H36N6O3/c1-31(2,3)27(34-28(38)25-12-18-8-6-7-9-23(18)32-25)30(40)37-17-21-14-22(37)16-36(21)29(39)26-13-19-10-11-20(35(4)5)15-24(19)33-26/h6-13,15,21-22,27,32-33H,14,16-17H2,1-5H3,(H,34,38)/t21-,22-,27+/m0/s1. The number of anilines is 1. The van der Waals surface area contributed by atoms with E-state index in [1.165, 1.54) is 0 Å². The third-order valence-corrected chi connectivity index (χ3v) is 8.30. The zero-order valence-corrected chi connectivity index (χ0v) is 23.6. The second kappa shape index (κ2) is 9.43. The van der Waals surface area contributed by atoms with Crippen LogP contribution in [-0.2, 0) is 4.79 Å². The van der Waals surface area contributed by atoms with E-state index in [0.717, 1.165) is 33.9 Å². The Hall–Kier alpha value is -4.27. The van der Waals surface area contributed by atoms with Crippen LogP contribution in [0.2, 0.25) is 0 Å². The molecular weight excluding hydrogens is 504 g/mol. The summed E-state index contributed by atoms with van der Waals surface area (Å²) >= 11 is 0.